The van der Waals surface area contributed by atoms with Crippen molar-refractivity contribution in [1.29, 1.82) is 0 Å². The Labute approximate surface area is 172 Å². The lowest BCUT2D eigenvalue weighted by Crippen LogP contribution is -2.49. The van der Waals surface area contributed by atoms with Gasteiger partial charge in [-0.25, -0.2) is 4.39 Å². The van der Waals surface area contributed by atoms with E-state index in [2.05, 4.69) is 29.2 Å². The first kappa shape index (κ1) is 19.9. The molecule has 1 spiro atoms. The van der Waals surface area contributed by atoms with Gasteiger partial charge in [0.05, 0.1) is 12.5 Å². The van der Waals surface area contributed by atoms with E-state index < -0.39 is 0 Å². The molecule has 0 saturated carbocycles. The third-order valence-electron chi connectivity index (χ3n) is 6.43. The Bertz CT molecular complexity index is 857. The largest absolute Gasteiger partial charge is 0.497 e. The molecule has 154 valence electrons. The summed E-state index contributed by atoms with van der Waals surface area (Å²) < 4.78 is 19.5. The molecular weight excluding hydrogens is 367 g/mol. The van der Waals surface area contributed by atoms with E-state index in [9.17, 15) is 9.18 Å². The number of amides is 1. The van der Waals surface area contributed by atoms with Crippen molar-refractivity contribution in [3.8, 4) is 5.75 Å². The second-order valence-electron chi connectivity index (χ2n) is 8.33. The summed E-state index contributed by atoms with van der Waals surface area (Å²) in [6.07, 6.45) is 3.82. The van der Waals surface area contributed by atoms with E-state index in [0.717, 1.165) is 45.3 Å². The quantitative estimate of drug-likeness (QED) is 0.743. The third kappa shape index (κ3) is 4.30. The molecular formula is C24H29FN2O2. The molecule has 4 nitrogen and oxygen atoms in total. The monoisotopic (exact) mass is 396 g/mol. The highest BCUT2D eigenvalue weighted by atomic mass is 19.1. The van der Waals surface area contributed by atoms with E-state index in [1.807, 2.05) is 11.0 Å². The van der Waals surface area contributed by atoms with Crippen molar-refractivity contribution in [2.24, 2.45) is 5.41 Å². The summed E-state index contributed by atoms with van der Waals surface area (Å²) in [5, 5.41) is 0. The van der Waals surface area contributed by atoms with Crippen LogP contribution in [0.1, 0.15) is 30.4 Å². The van der Waals surface area contributed by atoms with Gasteiger partial charge >= 0.3 is 0 Å². The number of carbonyl (C=O) groups is 1. The molecule has 5 heteroatoms. The molecule has 2 fully saturated rings. The van der Waals surface area contributed by atoms with Gasteiger partial charge in [-0.05, 0) is 56.0 Å². The molecule has 2 aromatic rings. The Morgan fingerprint density at radius 1 is 1.10 bits per heavy atom. The maximum absolute atomic E-state index is 14.3. The first-order valence-electron chi connectivity index (χ1n) is 10.5. The number of halogens is 1. The molecule has 0 bridgehead atoms. The number of ether oxygens (including phenoxy) is 1. The van der Waals surface area contributed by atoms with Gasteiger partial charge in [0.2, 0.25) is 5.91 Å². The first-order chi connectivity index (χ1) is 14.1. The van der Waals surface area contributed by atoms with Crippen molar-refractivity contribution in [3.05, 3.63) is 65.5 Å². The van der Waals surface area contributed by atoms with Gasteiger partial charge < -0.3 is 14.5 Å². The van der Waals surface area contributed by atoms with Gasteiger partial charge in [-0.2, -0.15) is 0 Å². The zero-order valence-corrected chi connectivity index (χ0v) is 17.1. The van der Waals surface area contributed by atoms with Gasteiger partial charge in [0.1, 0.15) is 11.6 Å². The van der Waals surface area contributed by atoms with Crippen molar-refractivity contribution < 1.29 is 13.9 Å². The van der Waals surface area contributed by atoms with Crippen molar-refractivity contribution >= 4 is 5.91 Å². The van der Waals surface area contributed by atoms with E-state index in [1.165, 1.54) is 11.6 Å². The Morgan fingerprint density at radius 3 is 2.72 bits per heavy atom. The fraction of sp³-hybridized carbons (Fsp3) is 0.458. The molecule has 1 unspecified atom stereocenters. The van der Waals surface area contributed by atoms with E-state index in [-0.39, 0.29) is 17.1 Å². The van der Waals surface area contributed by atoms with Crippen LogP contribution in [0.3, 0.4) is 0 Å². The van der Waals surface area contributed by atoms with Crippen molar-refractivity contribution in [1.82, 2.24) is 9.80 Å². The van der Waals surface area contributed by atoms with Crippen LogP contribution >= 0.6 is 0 Å². The van der Waals surface area contributed by atoms with Gasteiger partial charge in [-0.1, -0.05) is 30.3 Å². The van der Waals surface area contributed by atoms with Gasteiger partial charge in [-0.3, -0.25) is 4.79 Å². The van der Waals surface area contributed by atoms with Crippen LogP contribution < -0.4 is 4.74 Å². The molecule has 0 radical (unpaired) electrons. The van der Waals surface area contributed by atoms with Crippen molar-refractivity contribution in [2.75, 3.05) is 33.3 Å². The predicted molar refractivity (Wildman–Crippen MR) is 111 cm³/mol. The second-order valence-corrected chi connectivity index (χ2v) is 8.33. The molecule has 2 aromatic carbocycles. The van der Waals surface area contributed by atoms with Gasteiger partial charge in [0, 0.05) is 31.7 Å². The van der Waals surface area contributed by atoms with Gasteiger partial charge in [-0.15, -0.1) is 0 Å². The highest BCUT2D eigenvalue weighted by molar-refractivity contribution is 5.84. The molecule has 0 aliphatic carbocycles. The smallest absolute Gasteiger partial charge is 0.230 e. The minimum absolute atomic E-state index is 0.188. The number of rotatable bonds is 6. The molecule has 29 heavy (non-hydrogen) atoms. The first-order valence-corrected chi connectivity index (χ1v) is 10.5. The lowest BCUT2D eigenvalue weighted by molar-refractivity contribution is -0.146. The highest BCUT2D eigenvalue weighted by Gasteiger charge is 2.48. The lowest BCUT2D eigenvalue weighted by atomic mass is 9.78. The zero-order chi connectivity index (χ0) is 20.3. The molecule has 0 aromatic heterocycles. The van der Waals surface area contributed by atoms with Crippen LogP contribution in [0.15, 0.2) is 48.5 Å². The Kier molecular flexibility index (Phi) is 5.86. The number of hydrogen-bond acceptors (Lipinski definition) is 3. The summed E-state index contributed by atoms with van der Waals surface area (Å²) in [6.45, 7) is 3.76. The maximum Gasteiger partial charge on any atom is 0.230 e. The summed E-state index contributed by atoms with van der Waals surface area (Å²) in [4.78, 5) is 17.7. The SMILES string of the molecule is COc1ccc(F)c(CN2CCCC3(CCN(CCc4ccccc4)C3)C2=O)c1. The summed E-state index contributed by atoms with van der Waals surface area (Å²) in [7, 11) is 1.57. The van der Waals surface area contributed by atoms with E-state index in [0.29, 0.717) is 24.4 Å². The van der Waals surface area contributed by atoms with Gasteiger partial charge in [0.15, 0.2) is 0 Å². The zero-order valence-electron chi connectivity index (χ0n) is 17.1. The fourth-order valence-corrected chi connectivity index (χ4v) is 4.77. The topological polar surface area (TPSA) is 32.8 Å². The van der Waals surface area contributed by atoms with E-state index >= 15 is 0 Å². The van der Waals surface area contributed by atoms with Gasteiger partial charge in [0.25, 0.3) is 0 Å². The average Bonchev–Trinajstić information content (AvgIpc) is 3.16. The standard InChI is InChI=1S/C24H29FN2O2/c1-29-21-8-9-22(25)20(16-21)17-27-13-5-11-24(23(27)28)12-15-26(18-24)14-10-19-6-3-2-4-7-19/h2-4,6-9,16H,5,10-15,17-18H2,1H3. The Hall–Kier alpha value is -2.40. The molecule has 2 aliphatic rings. The number of hydrogen-bond donors (Lipinski definition) is 0. The van der Waals surface area contributed by atoms with Crippen LogP contribution in [-0.2, 0) is 17.8 Å². The normalized spacial score (nSPS) is 22.4. The molecule has 0 N–H and O–H groups in total. The second kappa shape index (κ2) is 8.54. The lowest BCUT2D eigenvalue weighted by Gasteiger charge is -2.39. The highest BCUT2D eigenvalue weighted by Crippen LogP contribution is 2.40. The third-order valence-corrected chi connectivity index (χ3v) is 6.43. The number of likely N-dealkylation sites (tertiary alicyclic amines) is 2. The molecule has 2 saturated heterocycles. The molecule has 4 rings (SSSR count). The van der Waals surface area contributed by atoms with E-state index in [4.69, 9.17) is 4.74 Å². The van der Waals surface area contributed by atoms with Crippen LogP contribution in [-0.4, -0.2) is 49.0 Å². The number of nitrogens with zero attached hydrogens (tertiary/aromatic N) is 2. The van der Waals surface area contributed by atoms with Crippen LogP contribution in [0.25, 0.3) is 0 Å². The average molecular weight is 397 g/mol. The number of piperidine rings is 1. The minimum Gasteiger partial charge on any atom is -0.497 e. The summed E-state index contributed by atoms with van der Waals surface area (Å²) >= 11 is 0. The summed E-state index contributed by atoms with van der Waals surface area (Å²) in [5.74, 6) is 0.524. The minimum atomic E-state index is -0.301. The van der Waals surface area contributed by atoms with Crippen LogP contribution in [0.2, 0.25) is 0 Å². The van der Waals surface area contributed by atoms with Crippen LogP contribution in [0.4, 0.5) is 4.39 Å². The summed E-state index contributed by atoms with van der Waals surface area (Å²) in [5.41, 5.74) is 1.55. The number of benzene rings is 2. The van der Waals surface area contributed by atoms with E-state index in [1.54, 1.807) is 19.2 Å². The van der Waals surface area contributed by atoms with Crippen molar-refractivity contribution in [2.45, 2.75) is 32.2 Å². The van der Waals surface area contributed by atoms with Crippen LogP contribution in [0.5, 0.6) is 5.75 Å². The van der Waals surface area contributed by atoms with Crippen molar-refractivity contribution in [3.63, 3.8) is 0 Å². The predicted octanol–water partition coefficient (Wildman–Crippen LogP) is 3.89. The number of carbonyl (C=O) groups excluding carboxylic acids is 1. The molecule has 2 aliphatic heterocycles. The molecule has 1 amide bonds. The maximum atomic E-state index is 14.3. The number of methoxy groups -OCH3 is 1. The summed E-state index contributed by atoms with van der Waals surface area (Å²) in [6, 6.07) is 15.2. The molecule has 1 atom stereocenters. The Balaban J connectivity index is 1.41. The Morgan fingerprint density at radius 2 is 1.93 bits per heavy atom. The molecule has 2 heterocycles. The fourth-order valence-electron chi connectivity index (χ4n) is 4.77. The van der Waals surface area contributed by atoms with Crippen LogP contribution in [0, 0.1) is 11.2 Å².